The highest BCUT2D eigenvalue weighted by Crippen LogP contribution is 2.13. The molecule has 0 aliphatic heterocycles. The van der Waals surface area contributed by atoms with Crippen LogP contribution in [0.15, 0.2) is 59.7 Å². The van der Waals surface area contributed by atoms with Crippen molar-refractivity contribution in [3.05, 3.63) is 65.7 Å². The molecule has 0 saturated heterocycles. The van der Waals surface area contributed by atoms with Gasteiger partial charge in [0.2, 0.25) is 5.91 Å². The molecule has 0 saturated carbocycles. The van der Waals surface area contributed by atoms with E-state index in [0.717, 1.165) is 22.6 Å². The van der Waals surface area contributed by atoms with E-state index in [0.29, 0.717) is 12.8 Å². The highest BCUT2D eigenvalue weighted by Gasteiger charge is 2.03. The van der Waals surface area contributed by atoms with Gasteiger partial charge in [-0.2, -0.15) is 5.10 Å². The highest BCUT2D eigenvalue weighted by atomic mass is 16.5. The smallest absolute Gasteiger partial charge is 0.240 e. The summed E-state index contributed by atoms with van der Waals surface area (Å²) in [4.78, 5) is 11.8. The van der Waals surface area contributed by atoms with Crippen LogP contribution >= 0.6 is 0 Å². The fourth-order valence-electron chi connectivity index (χ4n) is 2.02. The van der Waals surface area contributed by atoms with Crippen molar-refractivity contribution in [2.45, 2.75) is 19.8 Å². The van der Waals surface area contributed by atoms with Gasteiger partial charge in [0.05, 0.1) is 12.8 Å². The zero-order chi connectivity index (χ0) is 15.8. The summed E-state index contributed by atoms with van der Waals surface area (Å²) in [6.07, 6.45) is 1.12. The van der Waals surface area contributed by atoms with Crippen LogP contribution in [-0.2, 0) is 11.2 Å². The zero-order valence-corrected chi connectivity index (χ0v) is 12.9. The van der Waals surface area contributed by atoms with Crippen molar-refractivity contribution in [1.29, 1.82) is 0 Å². The Morgan fingerprint density at radius 3 is 2.64 bits per heavy atom. The first-order chi connectivity index (χ1) is 10.7. The fraction of sp³-hybridized carbons (Fsp3) is 0.222. The Morgan fingerprint density at radius 1 is 1.14 bits per heavy atom. The third-order valence-corrected chi connectivity index (χ3v) is 3.32. The minimum Gasteiger partial charge on any atom is -0.497 e. The summed E-state index contributed by atoms with van der Waals surface area (Å²) >= 11 is 0. The zero-order valence-electron chi connectivity index (χ0n) is 12.9. The Balaban J connectivity index is 1.88. The van der Waals surface area contributed by atoms with Gasteiger partial charge in [0.1, 0.15) is 5.75 Å². The minimum atomic E-state index is -0.0916. The third kappa shape index (κ3) is 4.74. The molecular formula is C18H20N2O2. The van der Waals surface area contributed by atoms with Crippen LogP contribution in [-0.4, -0.2) is 18.7 Å². The Labute approximate surface area is 130 Å². The molecule has 4 heteroatoms. The lowest BCUT2D eigenvalue weighted by Crippen LogP contribution is -2.19. The molecule has 0 fully saturated rings. The van der Waals surface area contributed by atoms with Crippen molar-refractivity contribution in [1.82, 2.24) is 5.43 Å². The van der Waals surface area contributed by atoms with Gasteiger partial charge in [-0.3, -0.25) is 4.79 Å². The number of nitrogens with one attached hydrogen (secondary N) is 1. The number of hydrazone groups is 1. The van der Waals surface area contributed by atoms with Crippen LogP contribution in [0.25, 0.3) is 0 Å². The van der Waals surface area contributed by atoms with Crippen LogP contribution in [0, 0.1) is 0 Å². The number of benzene rings is 2. The van der Waals surface area contributed by atoms with E-state index in [-0.39, 0.29) is 5.91 Å². The second-order valence-corrected chi connectivity index (χ2v) is 4.95. The number of carbonyl (C=O) groups is 1. The van der Waals surface area contributed by atoms with Crippen molar-refractivity contribution in [3.63, 3.8) is 0 Å². The predicted molar refractivity (Wildman–Crippen MR) is 88.1 cm³/mol. The number of hydrogen-bond donors (Lipinski definition) is 1. The Bertz CT molecular complexity index is 651. The average molecular weight is 296 g/mol. The van der Waals surface area contributed by atoms with Gasteiger partial charge < -0.3 is 4.74 Å². The maximum Gasteiger partial charge on any atom is 0.240 e. The molecule has 4 nitrogen and oxygen atoms in total. The number of methoxy groups -OCH3 is 1. The highest BCUT2D eigenvalue weighted by molar-refractivity contribution is 5.99. The van der Waals surface area contributed by atoms with Crippen molar-refractivity contribution in [2.75, 3.05) is 7.11 Å². The summed E-state index contributed by atoms with van der Waals surface area (Å²) in [7, 11) is 1.62. The quantitative estimate of drug-likeness (QED) is 0.657. The summed E-state index contributed by atoms with van der Waals surface area (Å²) in [6.45, 7) is 1.85. The lowest BCUT2D eigenvalue weighted by Gasteiger charge is -2.05. The van der Waals surface area contributed by atoms with Crippen LogP contribution < -0.4 is 10.2 Å². The fourth-order valence-corrected chi connectivity index (χ4v) is 2.02. The van der Waals surface area contributed by atoms with E-state index in [2.05, 4.69) is 10.5 Å². The molecule has 0 unspecified atom stereocenters. The summed E-state index contributed by atoms with van der Waals surface area (Å²) in [5, 5.41) is 4.14. The van der Waals surface area contributed by atoms with E-state index < -0.39 is 0 Å². The summed E-state index contributed by atoms with van der Waals surface area (Å²) in [5.74, 6) is 0.675. The molecule has 22 heavy (non-hydrogen) atoms. The molecule has 0 heterocycles. The number of aryl methyl sites for hydroxylation is 1. The van der Waals surface area contributed by atoms with Gasteiger partial charge in [0.25, 0.3) is 0 Å². The first kappa shape index (κ1) is 15.8. The Kier molecular flexibility index (Phi) is 5.72. The number of ether oxygens (including phenoxy) is 1. The molecule has 0 radical (unpaired) electrons. The minimum absolute atomic E-state index is 0.0916. The third-order valence-electron chi connectivity index (χ3n) is 3.32. The molecule has 0 aliphatic carbocycles. The number of carbonyl (C=O) groups excluding carboxylic acids is 1. The van der Waals surface area contributed by atoms with Crippen LogP contribution in [0.2, 0.25) is 0 Å². The monoisotopic (exact) mass is 296 g/mol. The van der Waals surface area contributed by atoms with Crippen LogP contribution in [0.5, 0.6) is 5.75 Å². The van der Waals surface area contributed by atoms with Crippen LogP contribution in [0.4, 0.5) is 0 Å². The Morgan fingerprint density at radius 2 is 1.91 bits per heavy atom. The number of hydrogen-bond acceptors (Lipinski definition) is 3. The topological polar surface area (TPSA) is 50.7 Å². The van der Waals surface area contributed by atoms with Gasteiger partial charge in [-0.15, -0.1) is 0 Å². The summed E-state index contributed by atoms with van der Waals surface area (Å²) in [5.41, 5.74) is 5.40. The van der Waals surface area contributed by atoms with Crippen molar-refractivity contribution in [2.24, 2.45) is 5.10 Å². The van der Waals surface area contributed by atoms with E-state index in [1.54, 1.807) is 7.11 Å². The van der Waals surface area contributed by atoms with Gasteiger partial charge in [-0.05, 0) is 31.0 Å². The second-order valence-electron chi connectivity index (χ2n) is 4.95. The molecule has 114 valence electrons. The number of amides is 1. The summed E-state index contributed by atoms with van der Waals surface area (Å²) in [6, 6.07) is 17.5. The SMILES string of the molecule is COc1cccc(/C(C)=N/NC(=O)CCc2ccccc2)c1. The van der Waals surface area contributed by atoms with E-state index in [4.69, 9.17) is 4.74 Å². The normalized spacial score (nSPS) is 11.1. The molecule has 2 aromatic rings. The van der Waals surface area contributed by atoms with Crippen LogP contribution in [0.3, 0.4) is 0 Å². The lowest BCUT2D eigenvalue weighted by atomic mass is 10.1. The molecule has 0 aromatic heterocycles. The molecule has 0 aliphatic rings. The standard InChI is InChI=1S/C18H20N2O2/c1-14(16-9-6-10-17(13-16)22-2)19-20-18(21)12-11-15-7-4-3-5-8-15/h3-10,13H,11-12H2,1-2H3,(H,20,21)/b19-14+. The number of nitrogens with zero attached hydrogens (tertiary/aromatic N) is 1. The Hall–Kier alpha value is -2.62. The molecule has 0 spiro atoms. The van der Waals surface area contributed by atoms with E-state index >= 15 is 0 Å². The average Bonchev–Trinajstić information content (AvgIpc) is 2.58. The molecular weight excluding hydrogens is 276 g/mol. The van der Waals surface area contributed by atoms with Gasteiger partial charge in [0, 0.05) is 12.0 Å². The predicted octanol–water partition coefficient (Wildman–Crippen LogP) is 3.17. The molecule has 0 bridgehead atoms. The molecule has 2 rings (SSSR count). The van der Waals surface area contributed by atoms with Gasteiger partial charge in [-0.25, -0.2) is 5.43 Å². The largest absolute Gasteiger partial charge is 0.497 e. The first-order valence-electron chi connectivity index (χ1n) is 7.20. The number of rotatable bonds is 6. The van der Waals surface area contributed by atoms with Crippen molar-refractivity contribution >= 4 is 11.6 Å². The molecule has 1 amide bonds. The van der Waals surface area contributed by atoms with E-state index in [9.17, 15) is 4.79 Å². The molecule has 2 aromatic carbocycles. The van der Waals surface area contributed by atoms with Crippen LogP contribution in [0.1, 0.15) is 24.5 Å². The second kappa shape index (κ2) is 7.98. The van der Waals surface area contributed by atoms with E-state index in [1.807, 2.05) is 61.5 Å². The van der Waals surface area contributed by atoms with Gasteiger partial charge >= 0.3 is 0 Å². The van der Waals surface area contributed by atoms with Crippen molar-refractivity contribution < 1.29 is 9.53 Å². The molecule has 0 atom stereocenters. The molecule has 1 N–H and O–H groups in total. The van der Waals surface area contributed by atoms with Gasteiger partial charge in [-0.1, -0.05) is 42.5 Å². The first-order valence-corrected chi connectivity index (χ1v) is 7.20. The van der Waals surface area contributed by atoms with Crippen molar-refractivity contribution in [3.8, 4) is 5.75 Å². The summed E-state index contributed by atoms with van der Waals surface area (Å²) < 4.78 is 5.18. The van der Waals surface area contributed by atoms with Gasteiger partial charge in [0.15, 0.2) is 0 Å². The lowest BCUT2D eigenvalue weighted by molar-refractivity contribution is -0.121. The maximum atomic E-state index is 11.8. The van der Waals surface area contributed by atoms with E-state index in [1.165, 1.54) is 0 Å². The maximum absolute atomic E-state index is 11.8.